The molecule has 0 aliphatic carbocycles. The first-order valence-corrected chi connectivity index (χ1v) is 8.62. The van der Waals surface area contributed by atoms with E-state index < -0.39 is 23.6 Å². The molecular weight excluding hydrogens is 332 g/mol. The van der Waals surface area contributed by atoms with Gasteiger partial charge in [-0.3, -0.25) is 0 Å². The van der Waals surface area contributed by atoms with Gasteiger partial charge in [0.15, 0.2) is 0 Å². The van der Waals surface area contributed by atoms with Gasteiger partial charge in [0.2, 0.25) is 6.10 Å². The molecule has 5 heteroatoms. The number of hydrogen-bond acceptors (Lipinski definition) is 5. The lowest BCUT2D eigenvalue weighted by molar-refractivity contribution is -0.151. The molecule has 3 aromatic rings. The number of ether oxygens (including phenoxy) is 2. The second kappa shape index (κ2) is 6.67. The van der Waals surface area contributed by atoms with E-state index in [4.69, 9.17) is 13.9 Å². The quantitative estimate of drug-likeness (QED) is 0.533. The fourth-order valence-electron chi connectivity index (χ4n) is 3.46. The van der Waals surface area contributed by atoms with Gasteiger partial charge in [-0.2, -0.15) is 0 Å². The highest BCUT2D eigenvalue weighted by molar-refractivity contribution is 5.88. The van der Waals surface area contributed by atoms with Gasteiger partial charge >= 0.3 is 11.6 Å². The molecule has 0 N–H and O–H groups in total. The summed E-state index contributed by atoms with van der Waals surface area (Å²) < 4.78 is 16.6. The van der Waals surface area contributed by atoms with E-state index in [0.29, 0.717) is 28.7 Å². The summed E-state index contributed by atoms with van der Waals surface area (Å²) in [6.45, 7) is 2.00. The van der Waals surface area contributed by atoms with Crippen molar-refractivity contribution in [3.8, 4) is 5.75 Å². The molecule has 1 aromatic heterocycles. The van der Waals surface area contributed by atoms with E-state index in [1.165, 1.54) is 0 Å². The Bertz CT molecular complexity index is 1010. The monoisotopic (exact) mass is 350 g/mol. The van der Waals surface area contributed by atoms with Gasteiger partial charge in [-0.15, -0.1) is 0 Å². The molecule has 0 saturated heterocycles. The fourth-order valence-corrected chi connectivity index (χ4v) is 3.46. The second-order valence-corrected chi connectivity index (χ2v) is 6.22. The van der Waals surface area contributed by atoms with Gasteiger partial charge in [0, 0.05) is 5.92 Å². The first-order chi connectivity index (χ1) is 12.7. The van der Waals surface area contributed by atoms with E-state index in [9.17, 15) is 9.59 Å². The number of rotatable bonds is 4. The lowest BCUT2D eigenvalue weighted by atomic mass is 9.89. The van der Waals surface area contributed by atoms with Crippen molar-refractivity contribution in [3.05, 3.63) is 76.1 Å². The van der Waals surface area contributed by atoms with Crippen LogP contribution < -0.4 is 10.4 Å². The molecule has 0 radical (unpaired) electrons. The van der Waals surface area contributed by atoms with Crippen LogP contribution in [0.4, 0.5) is 0 Å². The Morgan fingerprint density at radius 2 is 1.81 bits per heavy atom. The highest BCUT2D eigenvalue weighted by atomic mass is 16.6. The highest BCUT2D eigenvalue weighted by Crippen LogP contribution is 2.42. The van der Waals surface area contributed by atoms with Gasteiger partial charge in [-0.25, -0.2) is 9.59 Å². The molecule has 0 spiro atoms. The number of esters is 1. The summed E-state index contributed by atoms with van der Waals surface area (Å²) in [5, 5.41) is 0.687. The SMILES string of the molecule is CCOC(=O)[C@H]1Oc2c(c(=O)oc3ccccc23)[C@H]1Cc1ccccc1. The van der Waals surface area contributed by atoms with E-state index in [2.05, 4.69) is 0 Å². The number of fused-ring (bicyclic) bond motifs is 3. The Hall–Kier alpha value is -3.08. The van der Waals surface area contributed by atoms with Crippen molar-refractivity contribution in [3.63, 3.8) is 0 Å². The fraction of sp³-hybridized carbons (Fsp3) is 0.238. The first kappa shape index (κ1) is 16.4. The molecule has 2 heterocycles. The van der Waals surface area contributed by atoms with E-state index in [1.807, 2.05) is 42.5 Å². The Labute approximate surface area is 150 Å². The maximum Gasteiger partial charge on any atom is 0.347 e. The van der Waals surface area contributed by atoms with Crippen molar-refractivity contribution in [2.45, 2.75) is 25.4 Å². The van der Waals surface area contributed by atoms with Crippen LogP contribution in [0, 0.1) is 0 Å². The zero-order chi connectivity index (χ0) is 18.1. The van der Waals surface area contributed by atoms with E-state index in [0.717, 1.165) is 5.56 Å². The predicted molar refractivity (Wildman–Crippen MR) is 96.4 cm³/mol. The summed E-state index contributed by atoms with van der Waals surface area (Å²) in [4.78, 5) is 25.1. The lowest BCUT2D eigenvalue weighted by Gasteiger charge is -2.17. The minimum atomic E-state index is -0.862. The molecule has 0 bridgehead atoms. The molecule has 1 aliphatic heterocycles. The third-order valence-electron chi connectivity index (χ3n) is 4.60. The zero-order valence-corrected chi connectivity index (χ0v) is 14.3. The molecule has 5 nitrogen and oxygen atoms in total. The molecular formula is C21H18O5. The Morgan fingerprint density at radius 3 is 2.58 bits per heavy atom. The first-order valence-electron chi connectivity index (χ1n) is 8.62. The number of carbonyl (C=O) groups is 1. The van der Waals surface area contributed by atoms with Crippen LogP contribution in [0.2, 0.25) is 0 Å². The third-order valence-corrected chi connectivity index (χ3v) is 4.60. The summed E-state index contributed by atoms with van der Waals surface area (Å²) in [5.74, 6) is -0.490. The molecule has 0 fully saturated rings. The minimum Gasteiger partial charge on any atom is -0.477 e. The summed E-state index contributed by atoms with van der Waals surface area (Å²) in [6.07, 6.45) is -0.376. The molecule has 2 atom stereocenters. The number of para-hydroxylation sites is 1. The lowest BCUT2D eigenvalue weighted by Crippen LogP contribution is -2.33. The van der Waals surface area contributed by atoms with E-state index >= 15 is 0 Å². The van der Waals surface area contributed by atoms with Crippen molar-refractivity contribution in [1.29, 1.82) is 0 Å². The van der Waals surface area contributed by atoms with Crippen LogP contribution in [0.5, 0.6) is 5.75 Å². The summed E-state index contributed by atoms with van der Waals surface area (Å²) in [7, 11) is 0. The molecule has 26 heavy (non-hydrogen) atoms. The van der Waals surface area contributed by atoms with Gasteiger partial charge in [0.05, 0.1) is 17.6 Å². The molecule has 0 saturated carbocycles. The average Bonchev–Trinajstić information content (AvgIpc) is 3.03. The van der Waals surface area contributed by atoms with Gasteiger partial charge in [0.1, 0.15) is 11.3 Å². The number of hydrogen-bond donors (Lipinski definition) is 0. The van der Waals surface area contributed by atoms with Crippen LogP contribution >= 0.6 is 0 Å². The number of benzene rings is 2. The molecule has 2 aromatic carbocycles. The minimum absolute atomic E-state index is 0.252. The maximum atomic E-state index is 12.7. The van der Waals surface area contributed by atoms with E-state index in [-0.39, 0.29) is 6.61 Å². The van der Waals surface area contributed by atoms with Crippen LogP contribution in [0.3, 0.4) is 0 Å². The van der Waals surface area contributed by atoms with Crippen LogP contribution in [0.1, 0.15) is 24.0 Å². The zero-order valence-electron chi connectivity index (χ0n) is 14.3. The Balaban J connectivity index is 1.85. The molecule has 132 valence electrons. The highest BCUT2D eigenvalue weighted by Gasteiger charge is 2.44. The molecule has 4 rings (SSSR count). The van der Waals surface area contributed by atoms with E-state index in [1.54, 1.807) is 19.1 Å². The van der Waals surface area contributed by atoms with Crippen molar-refractivity contribution >= 4 is 16.9 Å². The smallest absolute Gasteiger partial charge is 0.347 e. The van der Waals surface area contributed by atoms with Gasteiger partial charge < -0.3 is 13.9 Å². The normalized spacial score (nSPS) is 18.3. The van der Waals surface area contributed by atoms with Crippen LogP contribution in [0.25, 0.3) is 11.0 Å². The van der Waals surface area contributed by atoms with Crippen molar-refractivity contribution in [1.82, 2.24) is 0 Å². The largest absolute Gasteiger partial charge is 0.477 e. The average molecular weight is 350 g/mol. The van der Waals surface area contributed by atoms with Crippen molar-refractivity contribution < 1.29 is 18.7 Å². The Kier molecular flexibility index (Phi) is 4.21. The maximum absolute atomic E-state index is 12.7. The summed E-state index contributed by atoms with van der Waals surface area (Å²) >= 11 is 0. The van der Waals surface area contributed by atoms with Gasteiger partial charge in [0.25, 0.3) is 0 Å². The summed E-state index contributed by atoms with van der Waals surface area (Å²) in [6, 6.07) is 16.9. The van der Waals surface area contributed by atoms with Crippen LogP contribution in [-0.4, -0.2) is 18.7 Å². The predicted octanol–water partition coefficient (Wildman–Crippen LogP) is 3.44. The molecule has 0 amide bonds. The van der Waals surface area contributed by atoms with Crippen molar-refractivity contribution in [2.24, 2.45) is 0 Å². The van der Waals surface area contributed by atoms with Crippen molar-refractivity contribution in [2.75, 3.05) is 6.61 Å². The molecule has 1 aliphatic rings. The second-order valence-electron chi connectivity index (χ2n) is 6.22. The summed E-state index contributed by atoms with van der Waals surface area (Å²) in [5.41, 5.74) is 1.40. The van der Waals surface area contributed by atoms with Gasteiger partial charge in [-0.05, 0) is 31.0 Å². The topological polar surface area (TPSA) is 65.7 Å². The third kappa shape index (κ3) is 2.75. The van der Waals surface area contributed by atoms with Crippen LogP contribution in [-0.2, 0) is 16.0 Å². The number of carbonyl (C=O) groups excluding carboxylic acids is 1. The molecule has 0 unspecified atom stereocenters. The van der Waals surface area contributed by atoms with Crippen LogP contribution in [0.15, 0.2) is 63.8 Å². The standard InChI is InChI=1S/C21H18O5/c1-2-24-21(23)19-15(12-13-8-4-3-5-9-13)17-18(26-19)14-10-6-7-11-16(14)25-20(17)22/h3-11,15,19H,2,12H2,1H3/t15-,19+/m1/s1. The Morgan fingerprint density at radius 1 is 1.08 bits per heavy atom. The van der Waals surface area contributed by atoms with Gasteiger partial charge in [-0.1, -0.05) is 42.5 Å².